The monoisotopic (exact) mass is 257 g/mol. The van der Waals surface area contributed by atoms with Crippen LogP contribution in [-0.2, 0) is 42.3 Å². The van der Waals surface area contributed by atoms with Crippen LogP contribution < -0.4 is 0 Å². The second kappa shape index (κ2) is 14.1. The zero-order chi connectivity index (χ0) is 9.98. The van der Waals surface area contributed by atoms with Crippen LogP contribution in [0, 0.1) is 0 Å². The molecule has 0 aliphatic carbocycles. The Bertz CT molecular complexity index is 161. The van der Waals surface area contributed by atoms with Gasteiger partial charge in [0.05, 0.1) is 11.8 Å². The molecular weight excluding hydrogens is 245 g/mol. The van der Waals surface area contributed by atoms with Crippen molar-refractivity contribution in [3.63, 3.8) is 0 Å². The van der Waals surface area contributed by atoms with E-state index in [1.165, 1.54) is 12.2 Å². The molecule has 0 aromatic rings. The predicted molar refractivity (Wildman–Crippen MR) is 48.3 cm³/mol. The first kappa shape index (κ1) is 18.3. The predicted octanol–water partition coefficient (Wildman–Crippen LogP) is 2.28. The Morgan fingerprint density at radius 3 is 1.23 bits per heavy atom. The SMILES string of the molecule is C=CCC([NH-])=O.C=CCC([NH-])=O.[Y]. The van der Waals surface area contributed by atoms with Gasteiger partial charge in [-0.3, -0.25) is 0 Å². The van der Waals surface area contributed by atoms with Crippen LogP contribution in [0.3, 0.4) is 0 Å². The van der Waals surface area contributed by atoms with Gasteiger partial charge in [-0.2, -0.15) is 0 Å². The van der Waals surface area contributed by atoms with E-state index in [1.54, 1.807) is 0 Å². The van der Waals surface area contributed by atoms with Gasteiger partial charge in [0.2, 0.25) is 0 Å². The maximum absolute atomic E-state index is 9.64. The van der Waals surface area contributed by atoms with Gasteiger partial charge >= 0.3 is 0 Å². The van der Waals surface area contributed by atoms with Crippen LogP contribution in [0.15, 0.2) is 25.3 Å². The second-order valence-corrected chi connectivity index (χ2v) is 1.83. The molecule has 0 saturated heterocycles. The molecule has 0 unspecified atom stereocenters. The molecule has 1 radical (unpaired) electrons. The molecule has 2 N–H and O–H groups in total. The zero-order valence-electron chi connectivity index (χ0n) is 7.38. The minimum atomic E-state index is -0.579. The molecule has 0 fully saturated rings. The Morgan fingerprint density at radius 1 is 1.00 bits per heavy atom. The van der Waals surface area contributed by atoms with Crippen LogP contribution in [0.25, 0.3) is 11.5 Å². The van der Waals surface area contributed by atoms with Crippen molar-refractivity contribution in [2.75, 3.05) is 0 Å². The first-order valence-corrected chi connectivity index (χ1v) is 3.25. The third-order valence-electron chi connectivity index (χ3n) is 0.659. The number of carbonyl (C=O) groups excluding carboxylic acids is 2. The number of hydrogen-bond acceptors (Lipinski definition) is 2. The molecule has 0 aliphatic rings. The van der Waals surface area contributed by atoms with Crippen molar-refractivity contribution in [1.29, 1.82) is 0 Å². The topological polar surface area (TPSA) is 81.7 Å². The molecule has 0 atom stereocenters. The van der Waals surface area contributed by atoms with Crippen molar-refractivity contribution in [2.24, 2.45) is 0 Å². The Balaban J connectivity index is -0.000000143. The van der Waals surface area contributed by atoms with Gasteiger partial charge in [0.1, 0.15) is 0 Å². The molecular formula is C8H12N2O2Y-2. The Labute approximate surface area is 103 Å². The zero-order valence-corrected chi connectivity index (χ0v) is 10.2. The number of carbonyl (C=O) groups is 2. The molecule has 0 heterocycles. The van der Waals surface area contributed by atoms with E-state index in [1.807, 2.05) is 0 Å². The van der Waals surface area contributed by atoms with Gasteiger partial charge in [-0.25, -0.2) is 0 Å². The Kier molecular flexibility index (Phi) is 19.8. The Morgan fingerprint density at radius 2 is 1.23 bits per heavy atom. The van der Waals surface area contributed by atoms with E-state index < -0.39 is 11.8 Å². The first-order chi connectivity index (χ1) is 5.54. The molecule has 5 heteroatoms. The summed E-state index contributed by atoms with van der Waals surface area (Å²) in [5.74, 6) is -1.16. The molecule has 0 rings (SSSR count). The van der Waals surface area contributed by atoms with Crippen molar-refractivity contribution in [3.05, 3.63) is 36.8 Å². The van der Waals surface area contributed by atoms with E-state index in [-0.39, 0.29) is 45.6 Å². The minimum Gasteiger partial charge on any atom is -0.668 e. The molecule has 0 aromatic carbocycles. The van der Waals surface area contributed by atoms with Crippen LogP contribution in [0.2, 0.25) is 0 Å². The van der Waals surface area contributed by atoms with Crippen LogP contribution >= 0.6 is 0 Å². The van der Waals surface area contributed by atoms with Crippen molar-refractivity contribution in [2.45, 2.75) is 12.8 Å². The average Bonchev–Trinajstić information content (AvgIpc) is 1.87. The molecule has 0 aliphatic heterocycles. The van der Waals surface area contributed by atoms with Crippen molar-refractivity contribution in [1.82, 2.24) is 0 Å². The fourth-order valence-corrected chi connectivity index (χ4v) is 0.262. The van der Waals surface area contributed by atoms with E-state index in [0.29, 0.717) is 0 Å². The van der Waals surface area contributed by atoms with Crippen molar-refractivity contribution < 1.29 is 42.3 Å². The number of nitrogens with one attached hydrogen (secondary N) is 2. The second-order valence-electron chi connectivity index (χ2n) is 1.83. The summed E-state index contributed by atoms with van der Waals surface area (Å²) in [6.45, 7) is 6.52. The fourth-order valence-electron chi connectivity index (χ4n) is 0.262. The smallest absolute Gasteiger partial charge is 0.0525 e. The van der Waals surface area contributed by atoms with Crippen LogP contribution in [0.1, 0.15) is 12.8 Å². The summed E-state index contributed by atoms with van der Waals surface area (Å²) in [5, 5.41) is 0. The maximum atomic E-state index is 9.64. The summed E-state index contributed by atoms with van der Waals surface area (Å²) >= 11 is 0. The molecule has 0 aromatic heterocycles. The fraction of sp³-hybridized carbons (Fsp3) is 0.250. The van der Waals surface area contributed by atoms with Gasteiger partial charge in [0.15, 0.2) is 0 Å². The summed E-state index contributed by atoms with van der Waals surface area (Å²) in [5.41, 5.74) is 12.5. The van der Waals surface area contributed by atoms with E-state index in [9.17, 15) is 9.59 Å². The quantitative estimate of drug-likeness (QED) is 0.724. The van der Waals surface area contributed by atoms with E-state index >= 15 is 0 Å². The number of rotatable bonds is 4. The van der Waals surface area contributed by atoms with E-state index in [2.05, 4.69) is 13.2 Å². The summed E-state index contributed by atoms with van der Waals surface area (Å²) in [6.07, 6.45) is 3.16. The summed E-state index contributed by atoms with van der Waals surface area (Å²) < 4.78 is 0. The summed E-state index contributed by atoms with van der Waals surface area (Å²) in [4.78, 5) is 19.3. The van der Waals surface area contributed by atoms with Crippen LogP contribution in [0.4, 0.5) is 0 Å². The third-order valence-corrected chi connectivity index (χ3v) is 0.659. The standard InChI is InChI=1S/2C4H7NO.Y/c2*1-2-3-4(5)6;/h2*2H,1,3H2,(H2,5,6);/p-2. The van der Waals surface area contributed by atoms with Crippen LogP contribution in [0.5, 0.6) is 0 Å². The molecule has 2 amide bonds. The third kappa shape index (κ3) is 34.3. The normalized spacial score (nSPS) is 6.77. The average molecular weight is 257 g/mol. The van der Waals surface area contributed by atoms with Crippen LogP contribution in [-0.4, -0.2) is 11.8 Å². The van der Waals surface area contributed by atoms with E-state index in [0.717, 1.165) is 0 Å². The molecule has 0 spiro atoms. The maximum Gasteiger partial charge on any atom is 0.0525 e. The van der Waals surface area contributed by atoms with Crippen molar-refractivity contribution >= 4 is 11.8 Å². The van der Waals surface area contributed by atoms with Gasteiger partial charge in [-0.1, -0.05) is 12.2 Å². The Hall–Kier alpha value is -0.476. The number of amides is 2. The van der Waals surface area contributed by atoms with Gasteiger partial charge < -0.3 is 21.1 Å². The summed E-state index contributed by atoms with van der Waals surface area (Å²) in [6, 6.07) is 0. The molecule has 71 valence electrons. The molecule has 0 bridgehead atoms. The van der Waals surface area contributed by atoms with Gasteiger partial charge in [-0.15, -0.1) is 13.2 Å². The minimum absolute atomic E-state index is 0. The van der Waals surface area contributed by atoms with Crippen molar-refractivity contribution in [3.8, 4) is 0 Å². The van der Waals surface area contributed by atoms with Gasteiger partial charge in [0.25, 0.3) is 0 Å². The molecule has 0 saturated carbocycles. The van der Waals surface area contributed by atoms with Gasteiger partial charge in [0, 0.05) is 45.6 Å². The summed E-state index contributed by atoms with van der Waals surface area (Å²) in [7, 11) is 0. The van der Waals surface area contributed by atoms with Gasteiger partial charge in [-0.05, 0) is 0 Å². The number of hydrogen-bond donors (Lipinski definition) is 0. The molecule has 13 heavy (non-hydrogen) atoms. The first-order valence-electron chi connectivity index (χ1n) is 3.25. The molecule has 4 nitrogen and oxygen atoms in total. The largest absolute Gasteiger partial charge is 0.668 e. The van der Waals surface area contributed by atoms with E-state index in [4.69, 9.17) is 11.5 Å².